The number of rotatable bonds is 14. The van der Waals surface area contributed by atoms with Crippen LogP contribution >= 0.6 is 0 Å². The van der Waals surface area contributed by atoms with Gasteiger partial charge in [-0.05, 0) is 76.1 Å². The van der Waals surface area contributed by atoms with Crippen molar-refractivity contribution >= 4 is 6.03 Å². The molecular formula is C32H48FN3O4. The first-order chi connectivity index (χ1) is 19.2. The van der Waals surface area contributed by atoms with Crippen molar-refractivity contribution in [1.82, 2.24) is 15.5 Å². The SMILES string of the molecule is CNC[C@H](CC(C)C)NC(=O)N1CCC[C@@H]([C@@](O)(CCCCOC)c2cccc(F)c2Oc2ccccc2C)C1. The van der Waals surface area contributed by atoms with Crippen LogP contribution in [0.3, 0.4) is 0 Å². The summed E-state index contributed by atoms with van der Waals surface area (Å²) in [5, 5.41) is 18.9. The summed E-state index contributed by atoms with van der Waals surface area (Å²) in [4.78, 5) is 15.2. The number of nitrogens with one attached hydrogen (secondary N) is 2. The lowest BCUT2D eigenvalue weighted by molar-refractivity contribution is -0.0578. The number of carbonyl (C=O) groups is 1. The molecule has 1 aliphatic heterocycles. The minimum Gasteiger partial charge on any atom is -0.454 e. The van der Waals surface area contributed by atoms with Crippen molar-refractivity contribution in [2.24, 2.45) is 11.8 Å². The summed E-state index contributed by atoms with van der Waals surface area (Å²) >= 11 is 0. The quantitative estimate of drug-likeness (QED) is 0.249. The standard InChI is InChI=1S/C32H48FN3O4/c1-23(2)20-26(21-34-4)35-31(37)36-18-11-13-25(22-36)32(38,17-8-9-19-39-5)27-14-10-15-28(33)30(27)40-29-16-7-6-12-24(29)3/h6-7,10,12,14-16,23,25-26,34,38H,8-9,11,13,17-22H2,1-5H3,(H,35,37)/t25-,26+,32+/m1/s1. The molecule has 0 unspecified atom stereocenters. The third-order valence-electron chi connectivity index (χ3n) is 7.81. The number of likely N-dealkylation sites (tertiary alicyclic amines) is 1. The summed E-state index contributed by atoms with van der Waals surface area (Å²) in [5.74, 6) is 0.220. The second-order valence-corrected chi connectivity index (χ2v) is 11.5. The number of likely N-dealkylation sites (N-methyl/N-ethyl adjacent to an activating group) is 1. The smallest absolute Gasteiger partial charge is 0.317 e. The molecule has 2 amide bonds. The molecule has 3 atom stereocenters. The lowest BCUT2D eigenvalue weighted by Crippen LogP contribution is -2.54. The predicted octanol–water partition coefficient (Wildman–Crippen LogP) is 5.99. The van der Waals surface area contributed by atoms with Crippen LogP contribution in [-0.2, 0) is 10.3 Å². The number of unbranched alkanes of at least 4 members (excludes halogenated alkanes) is 1. The van der Waals surface area contributed by atoms with Gasteiger partial charge in [-0.1, -0.05) is 44.2 Å². The van der Waals surface area contributed by atoms with E-state index in [1.54, 1.807) is 30.2 Å². The van der Waals surface area contributed by atoms with Gasteiger partial charge in [0.15, 0.2) is 11.6 Å². The number of urea groups is 1. The van der Waals surface area contributed by atoms with E-state index in [9.17, 15) is 9.90 Å². The van der Waals surface area contributed by atoms with Crippen LogP contribution < -0.4 is 15.4 Å². The molecule has 3 N–H and O–H groups in total. The number of benzene rings is 2. The van der Waals surface area contributed by atoms with Crippen molar-refractivity contribution in [2.45, 2.75) is 70.9 Å². The Labute approximate surface area is 239 Å². The number of aryl methyl sites for hydroxylation is 1. The molecule has 2 aromatic carbocycles. The zero-order chi connectivity index (χ0) is 29.1. The van der Waals surface area contributed by atoms with Crippen molar-refractivity contribution in [3.05, 3.63) is 59.4 Å². The monoisotopic (exact) mass is 557 g/mol. The maximum absolute atomic E-state index is 15.4. The number of amides is 2. The third-order valence-corrected chi connectivity index (χ3v) is 7.81. The largest absolute Gasteiger partial charge is 0.454 e. The number of carbonyl (C=O) groups excluding carboxylic acids is 1. The molecule has 0 radical (unpaired) electrons. The van der Waals surface area contributed by atoms with E-state index in [-0.39, 0.29) is 23.7 Å². The Morgan fingerprint density at radius 2 is 1.98 bits per heavy atom. The van der Waals surface area contributed by atoms with Crippen LogP contribution in [0.1, 0.15) is 63.5 Å². The van der Waals surface area contributed by atoms with Crippen LogP contribution in [0.25, 0.3) is 0 Å². The van der Waals surface area contributed by atoms with Gasteiger partial charge in [-0.25, -0.2) is 9.18 Å². The lowest BCUT2D eigenvalue weighted by atomic mass is 9.73. The first-order valence-corrected chi connectivity index (χ1v) is 14.6. The highest BCUT2D eigenvalue weighted by Crippen LogP contribution is 2.45. The first kappa shape index (κ1) is 31.8. The summed E-state index contributed by atoms with van der Waals surface area (Å²) in [6, 6.07) is 12.1. The highest BCUT2D eigenvalue weighted by molar-refractivity contribution is 5.74. The van der Waals surface area contributed by atoms with Gasteiger partial charge in [0.25, 0.3) is 0 Å². The van der Waals surface area contributed by atoms with Gasteiger partial charge >= 0.3 is 6.03 Å². The van der Waals surface area contributed by atoms with Crippen LogP contribution in [0.4, 0.5) is 9.18 Å². The van der Waals surface area contributed by atoms with E-state index >= 15 is 4.39 Å². The highest BCUT2D eigenvalue weighted by atomic mass is 19.1. The van der Waals surface area contributed by atoms with Crippen LogP contribution in [0, 0.1) is 24.6 Å². The molecule has 222 valence electrons. The number of hydrogen-bond donors (Lipinski definition) is 3. The van der Waals surface area contributed by atoms with Crippen LogP contribution in [-0.4, -0.2) is 62.5 Å². The van der Waals surface area contributed by atoms with Crippen molar-refractivity contribution in [3.63, 3.8) is 0 Å². The van der Waals surface area contributed by atoms with E-state index in [2.05, 4.69) is 24.5 Å². The Morgan fingerprint density at radius 3 is 2.67 bits per heavy atom. The van der Waals surface area contributed by atoms with Gasteiger partial charge in [0.05, 0.1) is 5.60 Å². The Kier molecular flexibility index (Phi) is 12.2. The maximum Gasteiger partial charge on any atom is 0.317 e. The van der Waals surface area contributed by atoms with Gasteiger partial charge < -0.3 is 30.1 Å². The Balaban J connectivity index is 1.92. The summed E-state index contributed by atoms with van der Waals surface area (Å²) in [6.07, 6.45) is 4.20. The van der Waals surface area contributed by atoms with Crippen molar-refractivity contribution in [3.8, 4) is 11.5 Å². The second kappa shape index (κ2) is 15.4. The molecule has 7 nitrogen and oxygen atoms in total. The fourth-order valence-electron chi connectivity index (χ4n) is 5.76. The van der Waals surface area contributed by atoms with E-state index in [4.69, 9.17) is 9.47 Å². The van der Waals surface area contributed by atoms with Gasteiger partial charge in [-0.3, -0.25) is 0 Å². The summed E-state index contributed by atoms with van der Waals surface area (Å²) < 4.78 is 26.8. The van der Waals surface area contributed by atoms with E-state index in [1.807, 2.05) is 32.2 Å². The molecule has 2 aromatic rings. The van der Waals surface area contributed by atoms with Gasteiger partial charge in [-0.15, -0.1) is 0 Å². The van der Waals surface area contributed by atoms with Crippen LogP contribution in [0.2, 0.25) is 0 Å². The number of para-hydroxylation sites is 2. The minimum absolute atomic E-state index is 0.0168. The molecule has 0 aliphatic carbocycles. The zero-order valence-electron chi connectivity index (χ0n) is 24.8. The molecule has 1 aliphatic rings. The third kappa shape index (κ3) is 8.41. The highest BCUT2D eigenvalue weighted by Gasteiger charge is 2.43. The Morgan fingerprint density at radius 1 is 1.20 bits per heavy atom. The number of nitrogens with zero attached hydrogens (tertiary/aromatic N) is 1. The number of aliphatic hydroxyl groups is 1. The van der Waals surface area contributed by atoms with Gasteiger partial charge in [0.2, 0.25) is 0 Å². The van der Waals surface area contributed by atoms with Crippen molar-refractivity contribution in [1.29, 1.82) is 0 Å². The lowest BCUT2D eigenvalue weighted by Gasteiger charge is -2.43. The molecule has 3 rings (SSSR count). The second-order valence-electron chi connectivity index (χ2n) is 11.5. The van der Waals surface area contributed by atoms with E-state index in [0.29, 0.717) is 56.3 Å². The normalized spacial score (nSPS) is 17.9. The number of halogens is 1. The van der Waals surface area contributed by atoms with Gasteiger partial charge in [0, 0.05) is 50.9 Å². The topological polar surface area (TPSA) is 83.1 Å². The fourth-order valence-corrected chi connectivity index (χ4v) is 5.76. The molecule has 0 saturated carbocycles. The van der Waals surface area contributed by atoms with E-state index in [1.165, 1.54) is 6.07 Å². The number of ether oxygens (including phenoxy) is 2. The summed E-state index contributed by atoms with van der Waals surface area (Å²) in [7, 11) is 3.54. The molecule has 8 heteroatoms. The number of methoxy groups -OCH3 is 1. The molecule has 40 heavy (non-hydrogen) atoms. The average Bonchev–Trinajstić information content (AvgIpc) is 2.93. The van der Waals surface area contributed by atoms with Gasteiger partial charge in [-0.2, -0.15) is 0 Å². The molecule has 0 aromatic heterocycles. The van der Waals surface area contributed by atoms with Crippen molar-refractivity contribution in [2.75, 3.05) is 40.4 Å². The fraction of sp³-hybridized carbons (Fsp3) is 0.594. The molecule has 1 heterocycles. The molecular weight excluding hydrogens is 509 g/mol. The molecule has 0 spiro atoms. The Hall–Kier alpha value is -2.68. The van der Waals surface area contributed by atoms with Crippen molar-refractivity contribution < 1.29 is 23.8 Å². The number of piperidine rings is 1. The van der Waals surface area contributed by atoms with Gasteiger partial charge in [0.1, 0.15) is 5.75 Å². The summed E-state index contributed by atoms with van der Waals surface area (Å²) in [5.41, 5.74) is -0.0959. The average molecular weight is 558 g/mol. The predicted molar refractivity (Wildman–Crippen MR) is 157 cm³/mol. The minimum atomic E-state index is -1.39. The van der Waals surface area contributed by atoms with E-state index < -0.39 is 11.4 Å². The molecule has 1 fully saturated rings. The maximum atomic E-state index is 15.4. The molecule has 0 bridgehead atoms. The number of hydrogen-bond acceptors (Lipinski definition) is 5. The summed E-state index contributed by atoms with van der Waals surface area (Å²) in [6.45, 7) is 8.45. The zero-order valence-corrected chi connectivity index (χ0v) is 24.8. The first-order valence-electron chi connectivity index (χ1n) is 14.6. The van der Waals surface area contributed by atoms with Crippen LogP contribution in [0.5, 0.6) is 11.5 Å². The van der Waals surface area contributed by atoms with Crippen LogP contribution in [0.15, 0.2) is 42.5 Å². The Bertz CT molecular complexity index is 1080. The molecule has 1 saturated heterocycles. The van der Waals surface area contributed by atoms with E-state index in [0.717, 1.165) is 31.2 Å².